The Hall–Kier alpha value is -1.90. The van der Waals surface area contributed by atoms with Crippen LogP contribution in [0.1, 0.15) is 60.3 Å². The molecule has 0 unspecified atom stereocenters. The van der Waals surface area contributed by atoms with Gasteiger partial charge in [0.05, 0.1) is 5.60 Å². The summed E-state index contributed by atoms with van der Waals surface area (Å²) >= 11 is 0. The van der Waals surface area contributed by atoms with E-state index in [1.165, 1.54) is 10.4 Å². The fourth-order valence-electron chi connectivity index (χ4n) is 5.36. The first-order chi connectivity index (χ1) is 14.6. The quantitative estimate of drug-likeness (QED) is 0.333. The molecule has 0 radical (unpaired) electrons. The van der Waals surface area contributed by atoms with Crippen molar-refractivity contribution in [3.63, 3.8) is 0 Å². The maximum Gasteiger partial charge on any atom is 0.261 e. The molecule has 0 amide bonds. The summed E-state index contributed by atoms with van der Waals surface area (Å²) in [5, 5.41) is 13.8. The number of hydrogen-bond acceptors (Lipinski definition) is 2. The van der Waals surface area contributed by atoms with Gasteiger partial charge in [-0.15, -0.1) is 5.73 Å². The topological polar surface area (TPSA) is 29.5 Å². The van der Waals surface area contributed by atoms with Crippen LogP contribution in [0.5, 0.6) is 0 Å². The lowest BCUT2D eigenvalue weighted by atomic mass is 9.53. The highest BCUT2D eigenvalue weighted by Gasteiger charge is 2.55. The summed E-state index contributed by atoms with van der Waals surface area (Å²) in [6.07, 6.45) is 3.68. The van der Waals surface area contributed by atoms with Gasteiger partial charge in [0.25, 0.3) is 8.32 Å². The molecule has 2 aromatic carbocycles. The molecule has 1 N–H and O–H groups in total. The van der Waals surface area contributed by atoms with Crippen molar-refractivity contribution in [3.05, 3.63) is 78.5 Å². The highest BCUT2D eigenvalue weighted by Crippen LogP contribution is 2.56. The Morgan fingerprint density at radius 1 is 1.03 bits per heavy atom. The molecule has 2 aromatic rings. The maximum absolute atomic E-state index is 11.2. The van der Waals surface area contributed by atoms with Gasteiger partial charge in [-0.25, -0.2) is 0 Å². The van der Waals surface area contributed by atoms with E-state index in [1.54, 1.807) is 0 Å². The van der Waals surface area contributed by atoms with Gasteiger partial charge in [0.15, 0.2) is 0 Å². The second kappa shape index (κ2) is 8.92. The van der Waals surface area contributed by atoms with E-state index in [9.17, 15) is 5.11 Å². The molecule has 1 saturated carbocycles. The van der Waals surface area contributed by atoms with Crippen LogP contribution in [0.4, 0.5) is 0 Å². The molecule has 3 heteroatoms. The van der Waals surface area contributed by atoms with E-state index in [-0.39, 0.29) is 10.5 Å². The molecule has 1 aliphatic carbocycles. The Morgan fingerprint density at radius 2 is 1.55 bits per heavy atom. The van der Waals surface area contributed by atoms with E-state index in [0.717, 1.165) is 31.3 Å². The molecule has 2 nitrogen and oxygen atoms in total. The van der Waals surface area contributed by atoms with Gasteiger partial charge in [-0.3, -0.25) is 0 Å². The van der Waals surface area contributed by atoms with Crippen LogP contribution in [-0.4, -0.2) is 25.6 Å². The van der Waals surface area contributed by atoms with Crippen LogP contribution < -0.4 is 10.4 Å². The third kappa shape index (κ3) is 4.13. The predicted octanol–water partition coefficient (Wildman–Crippen LogP) is 5.61. The van der Waals surface area contributed by atoms with Crippen molar-refractivity contribution in [2.75, 3.05) is 6.61 Å². The zero-order chi connectivity index (χ0) is 22.8. The van der Waals surface area contributed by atoms with E-state index < -0.39 is 13.9 Å². The largest absolute Gasteiger partial charge is 0.407 e. The van der Waals surface area contributed by atoms with Crippen LogP contribution in [-0.2, 0) is 4.43 Å². The van der Waals surface area contributed by atoms with Gasteiger partial charge in [-0.2, -0.15) is 0 Å². The minimum absolute atomic E-state index is 0.0149. The van der Waals surface area contributed by atoms with Gasteiger partial charge in [-0.1, -0.05) is 94.9 Å². The Kier molecular flexibility index (Phi) is 6.83. The molecule has 0 saturated heterocycles. The van der Waals surface area contributed by atoms with E-state index in [4.69, 9.17) is 4.43 Å². The summed E-state index contributed by atoms with van der Waals surface area (Å²) < 4.78 is 7.01. The van der Waals surface area contributed by atoms with Crippen molar-refractivity contribution >= 4 is 18.7 Å². The highest BCUT2D eigenvalue weighted by molar-refractivity contribution is 6.99. The van der Waals surface area contributed by atoms with Crippen molar-refractivity contribution in [3.8, 4) is 0 Å². The van der Waals surface area contributed by atoms with E-state index in [0.29, 0.717) is 6.61 Å². The smallest absolute Gasteiger partial charge is 0.261 e. The molecule has 0 bridgehead atoms. The van der Waals surface area contributed by atoms with Crippen LogP contribution in [0.3, 0.4) is 0 Å². The summed E-state index contributed by atoms with van der Waals surface area (Å²) in [4.78, 5) is 0. The zero-order valence-corrected chi connectivity index (χ0v) is 20.9. The van der Waals surface area contributed by atoms with Gasteiger partial charge >= 0.3 is 0 Å². The lowest BCUT2D eigenvalue weighted by molar-refractivity contribution is -0.134. The number of hydrogen-bond donors (Lipinski definition) is 1. The second-order valence-electron chi connectivity index (χ2n) is 10.3. The maximum atomic E-state index is 11.2. The Balaban J connectivity index is 1.85. The van der Waals surface area contributed by atoms with Gasteiger partial charge < -0.3 is 9.53 Å². The van der Waals surface area contributed by atoms with Crippen LogP contribution in [0.15, 0.2) is 78.5 Å². The molecule has 1 aliphatic rings. The fourth-order valence-corrected chi connectivity index (χ4v) is 9.96. The molecule has 0 aliphatic heterocycles. The molecular weight excluding hydrogens is 396 g/mol. The summed E-state index contributed by atoms with van der Waals surface area (Å²) in [6, 6.07) is 21.6. The standard InChI is InChI=1S/C28H38O2Si/c1-7-23(2)28(29)21-20-27(28,6)19-14-22-30-31(26(3,4)5,24-15-10-8-11-16-24)25-17-12-9-13-18-25/h8-13,15-18,29H,1,14,19-22H2,2-6H3/t27-,28-/m0/s1. The Bertz CT molecular complexity index is 885. The van der Waals surface area contributed by atoms with E-state index in [1.807, 2.05) is 6.92 Å². The van der Waals surface area contributed by atoms with Gasteiger partial charge in [0, 0.05) is 12.0 Å². The van der Waals surface area contributed by atoms with Crippen LogP contribution in [0, 0.1) is 5.41 Å². The summed E-state index contributed by atoms with van der Waals surface area (Å²) in [6.45, 7) is 15.5. The molecule has 1 fully saturated rings. The SMILES string of the molecule is C=C=C(C)[C@@]1(O)CC[C@]1(C)CCCO[Si](c1ccccc1)(c1ccccc1)C(C)(C)C. The lowest BCUT2D eigenvalue weighted by Crippen LogP contribution is -2.66. The van der Waals surface area contributed by atoms with Crippen LogP contribution in [0.2, 0.25) is 5.04 Å². The van der Waals surface area contributed by atoms with Gasteiger partial charge in [0.2, 0.25) is 0 Å². The second-order valence-corrected chi connectivity index (χ2v) is 14.6. The number of aliphatic hydroxyl groups is 1. The Morgan fingerprint density at radius 3 is 1.94 bits per heavy atom. The summed E-state index contributed by atoms with van der Waals surface area (Å²) in [5.41, 5.74) is 2.90. The summed E-state index contributed by atoms with van der Waals surface area (Å²) in [7, 11) is -2.49. The third-order valence-electron chi connectivity index (χ3n) is 7.53. The molecule has 2 atom stereocenters. The van der Waals surface area contributed by atoms with E-state index in [2.05, 4.69) is 101 Å². The number of benzene rings is 2. The molecule has 0 aromatic heterocycles. The first-order valence-corrected chi connectivity index (χ1v) is 13.4. The predicted molar refractivity (Wildman–Crippen MR) is 133 cm³/mol. The highest BCUT2D eigenvalue weighted by atomic mass is 28.4. The molecular formula is C28H38O2Si. The number of rotatable bonds is 8. The normalized spacial score (nSPS) is 23.7. The molecule has 166 valence electrons. The average molecular weight is 435 g/mol. The van der Waals surface area contributed by atoms with Crippen LogP contribution in [0.25, 0.3) is 0 Å². The first-order valence-electron chi connectivity index (χ1n) is 11.5. The van der Waals surface area contributed by atoms with Crippen LogP contribution >= 0.6 is 0 Å². The molecule has 3 rings (SSSR count). The average Bonchev–Trinajstić information content (AvgIpc) is 2.77. The fraction of sp³-hybridized carbons (Fsp3) is 0.464. The van der Waals surface area contributed by atoms with Crippen molar-refractivity contribution < 1.29 is 9.53 Å². The van der Waals surface area contributed by atoms with Crippen molar-refractivity contribution in [2.24, 2.45) is 5.41 Å². The zero-order valence-electron chi connectivity index (χ0n) is 19.9. The summed E-state index contributed by atoms with van der Waals surface area (Å²) in [5.74, 6) is 0. The minimum atomic E-state index is -2.49. The van der Waals surface area contributed by atoms with Crippen molar-refractivity contribution in [1.82, 2.24) is 0 Å². The van der Waals surface area contributed by atoms with Crippen molar-refractivity contribution in [2.45, 2.75) is 70.9 Å². The van der Waals surface area contributed by atoms with Gasteiger partial charge in [-0.05, 0) is 53.6 Å². The monoisotopic (exact) mass is 434 g/mol. The van der Waals surface area contributed by atoms with Gasteiger partial charge in [0.1, 0.15) is 0 Å². The molecule has 0 spiro atoms. The lowest BCUT2D eigenvalue weighted by Gasteiger charge is -2.55. The Labute approximate surface area is 189 Å². The van der Waals surface area contributed by atoms with Crippen molar-refractivity contribution in [1.29, 1.82) is 0 Å². The first kappa shape index (κ1) is 23.8. The minimum Gasteiger partial charge on any atom is -0.407 e. The molecule has 31 heavy (non-hydrogen) atoms. The third-order valence-corrected chi connectivity index (χ3v) is 12.6. The van der Waals surface area contributed by atoms with E-state index >= 15 is 0 Å². The molecule has 0 heterocycles.